The third-order valence-corrected chi connectivity index (χ3v) is 3.09. The molecular formula is C14H16F3NO5. The molecule has 9 heteroatoms. The fraction of sp³-hybridized carbons (Fsp3) is 0.429. The Morgan fingerprint density at radius 2 is 1.83 bits per heavy atom. The molecular weight excluding hydrogens is 319 g/mol. The average Bonchev–Trinajstić information content (AvgIpc) is 2.49. The molecule has 1 aromatic rings. The zero-order valence-electron chi connectivity index (χ0n) is 12.4. The van der Waals surface area contributed by atoms with Gasteiger partial charge in [0, 0.05) is 0 Å². The van der Waals surface area contributed by atoms with E-state index in [-0.39, 0.29) is 6.61 Å². The Kier molecular flexibility index (Phi) is 5.97. The zero-order valence-corrected chi connectivity index (χ0v) is 12.4. The van der Waals surface area contributed by atoms with Crippen LogP contribution < -0.4 is 5.32 Å². The number of aliphatic hydroxyl groups is 1. The topological polar surface area (TPSA) is 84.9 Å². The minimum Gasteiger partial charge on any atom is -0.467 e. The number of carbonyl (C=O) groups excluding carboxylic acids is 2. The number of benzene rings is 1. The van der Waals surface area contributed by atoms with Gasteiger partial charge in [0.25, 0.3) is 5.54 Å². The van der Waals surface area contributed by atoms with E-state index < -0.39 is 29.9 Å². The summed E-state index contributed by atoms with van der Waals surface area (Å²) in [6.07, 6.45) is -9.10. The smallest absolute Gasteiger partial charge is 0.425 e. The largest absolute Gasteiger partial charge is 0.467 e. The number of halogens is 3. The number of ether oxygens (including phenoxy) is 2. The standard InChI is InChI=1S/C14H16F3NO5/c1-9(19)13(11(20)22-2,14(15,16)17)18-12(21)23-8-10-6-4-3-5-7-10/h3-7,9,19H,8H2,1-2H3,(H,18,21). The highest BCUT2D eigenvalue weighted by Crippen LogP contribution is 2.34. The third kappa shape index (κ3) is 4.13. The summed E-state index contributed by atoms with van der Waals surface area (Å²) in [6.45, 7) is 0.406. The number of alkyl carbamates (subject to hydrolysis) is 1. The summed E-state index contributed by atoms with van der Waals surface area (Å²) >= 11 is 0. The lowest BCUT2D eigenvalue weighted by atomic mass is 9.92. The van der Waals surface area contributed by atoms with E-state index in [1.165, 1.54) is 5.32 Å². The lowest BCUT2D eigenvalue weighted by Crippen LogP contribution is -2.70. The molecule has 0 heterocycles. The first-order chi connectivity index (χ1) is 10.6. The number of carbonyl (C=O) groups is 2. The molecule has 23 heavy (non-hydrogen) atoms. The molecule has 0 aliphatic heterocycles. The first-order valence-corrected chi connectivity index (χ1v) is 6.47. The van der Waals surface area contributed by atoms with Gasteiger partial charge in [-0.15, -0.1) is 0 Å². The zero-order chi connectivity index (χ0) is 17.7. The van der Waals surface area contributed by atoms with Crippen molar-refractivity contribution in [3.05, 3.63) is 35.9 Å². The van der Waals surface area contributed by atoms with E-state index in [0.29, 0.717) is 19.6 Å². The molecule has 1 amide bonds. The predicted octanol–water partition coefficient (Wildman–Crippen LogP) is 1.77. The summed E-state index contributed by atoms with van der Waals surface area (Å²) in [6, 6.07) is 8.21. The van der Waals surface area contributed by atoms with Crippen molar-refractivity contribution in [2.24, 2.45) is 0 Å². The SMILES string of the molecule is COC(=O)C(NC(=O)OCc1ccccc1)(C(C)O)C(F)(F)F. The van der Waals surface area contributed by atoms with Crippen LogP contribution in [0.5, 0.6) is 0 Å². The molecule has 0 bridgehead atoms. The molecule has 0 spiro atoms. The second-order valence-electron chi connectivity index (χ2n) is 4.66. The average molecular weight is 335 g/mol. The minimum absolute atomic E-state index is 0.304. The lowest BCUT2D eigenvalue weighted by Gasteiger charge is -2.35. The highest BCUT2D eigenvalue weighted by molar-refractivity contribution is 5.87. The van der Waals surface area contributed by atoms with Crippen LogP contribution in [-0.2, 0) is 20.9 Å². The van der Waals surface area contributed by atoms with Crippen molar-refractivity contribution < 1.29 is 37.3 Å². The second-order valence-corrected chi connectivity index (χ2v) is 4.66. The monoisotopic (exact) mass is 335 g/mol. The van der Waals surface area contributed by atoms with Crippen LogP contribution in [0.25, 0.3) is 0 Å². The molecule has 6 nitrogen and oxygen atoms in total. The van der Waals surface area contributed by atoms with Gasteiger partial charge in [-0.2, -0.15) is 13.2 Å². The summed E-state index contributed by atoms with van der Waals surface area (Å²) in [5, 5.41) is 10.8. The number of aliphatic hydroxyl groups excluding tert-OH is 1. The van der Waals surface area contributed by atoms with Crippen LogP contribution in [0.2, 0.25) is 0 Å². The van der Waals surface area contributed by atoms with E-state index in [1.807, 2.05) is 0 Å². The van der Waals surface area contributed by atoms with E-state index in [0.717, 1.165) is 0 Å². The lowest BCUT2D eigenvalue weighted by molar-refractivity contribution is -0.228. The van der Waals surface area contributed by atoms with E-state index in [9.17, 15) is 27.9 Å². The van der Waals surface area contributed by atoms with Gasteiger partial charge in [-0.05, 0) is 12.5 Å². The van der Waals surface area contributed by atoms with Crippen LogP contribution in [0.15, 0.2) is 30.3 Å². The number of alkyl halides is 3. The molecule has 0 aliphatic carbocycles. The van der Waals surface area contributed by atoms with Crippen molar-refractivity contribution in [2.75, 3.05) is 7.11 Å². The maximum atomic E-state index is 13.3. The molecule has 1 rings (SSSR count). The van der Waals surface area contributed by atoms with Gasteiger partial charge in [-0.3, -0.25) is 5.32 Å². The highest BCUT2D eigenvalue weighted by Gasteiger charge is 2.66. The van der Waals surface area contributed by atoms with Crippen molar-refractivity contribution in [2.45, 2.75) is 31.3 Å². The Labute approximate surface area is 130 Å². The van der Waals surface area contributed by atoms with Crippen LogP contribution in [0.4, 0.5) is 18.0 Å². The van der Waals surface area contributed by atoms with Crippen molar-refractivity contribution in [3.63, 3.8) is 0 Å². The first kappa shape index (κ1) is 18.8. The quantitative estimate of drug-likeness (QED) is 0.801. The van der Waals surface area contributed by atoms with Crippen LogP contribution >= 0.6 is 0 Å². The molecule has 128 valence electrons. The number of rotatable bonds is 5. The van der Waals surface area contributed by atoms with E-state index in [1.54, 1.807) is 30.3 Å². The van der Waals surface area contributed by atoms with Gasteiger partial charge >= 0.3 is 18.2 Å². The Hall–Kier alpha value is -2.29. The van der Waals surface area contributed by atoms with E-state index in [2.05, 4.69) is 9.47 Å². The summed E-state index contributed by atoms with van der Waals surface area (Å²) in [5.74, 6) is -1.85. The maximum absolute atomic E-state index is 13.3. The Morgan fingerprint density at radius 3 is 2.26 bits per heavy atom. The van der Waals surface area contributed by atoms with Crippen molar-refractivity contribution >= 4 is 12.1 Å². The molecule has 1 aromatic carbocycles. The summed E-state index contributed by atoms with van der Waals surface area (Å²) in [5.41, 5.74) is -3.08. The Balaban J connectivity index is 2.92. The number of methoxy groups -OCH3 is 1. The van der Waals surface area contributed by atoms with Gasteiger partial charge in [0.15, 0.2) is 0 Å². The molecule has 0 saturated carbocycles. The minimum atomic E-state index is -5.29. The summed E-state index contributed by atoms with van der Waals surface area (Å²) < 4.78 is 48.5. The summed E-state index contributed by atoms with van der Waals surface area (Å²) in [7, 11) is 0.711. The van der Waals surface area contributed by atoms with Crippen LogP contribution in [0, 0.1) is 0 Å². The predicted molar refractivity (Wildman–Crippen MR) is 72.2 cm³/mol. The normalized spacial score (nSPS) is 15.2. The molecule has 2 unspecified atom stereocenters. The van der Waals surface area contributed by atoms with Gasteiger partial charge in [-0.25, -0.2) is 9.59 Å². The third-order valence-electron chi connectivity index (χ3n) is 3.09. The number of amides is 1. The Bertz CT molecular complexity index is 547. The second kappa shape index (κ2) is 7.32. The van der Waals surface area contributed by atoms with Gasteiger partial charge in [0.2, 0.25) is 0 Å². The van der Waals surface area contributed by atoms with E-state index >= 15 is 0 Å². The van der Waals surface area contributed by atoms with Crippen molar-refractivity contribution in [3.8, 4) is 0 Å². The van der Waals surface area contributed by atoms with Gasteiger partial charge in [0.1, 0.15) is 6.61 Å². The van der Waals surface area contributed by atoms with Crippen LogP contribution in [-0.4, -0.2) is 42.1 Å². The number of hydrogen-bond acceptors (Lipinski definition) is 5. The molecule has 0 aromatic heterocycles. The maximum Gasteiger partial charge on any atom is 0.425 e. The fourth-order valence-electron chi connectivity index (χ4n) is 1.83. The Morgan fingerprint density at radius 1 is 1.26 bits per heavy atom. The molecule has 0 saturated heterocycles. The number of hydrogen-bond donors (Lipinski definition) is 2. The highest BCUT2D eigenvalue weighted by atomic mass is 19.4. The van der Waals surface area contributed by atoms with Gasteiger partial charge in [-0.1, -0.05) is 30.3 Å². The van der Waals surface area contributed by atoms with Crippen LogP contribution in [0.1, 0.15) is 12.5 Å². The number of nitrogens with one attached hydrogen (secondary N) is 1. The van der Waals surface area contributed by atoms with Crippen molar-refractivity contribution in [1.82, 2.24) is 5.32 Å². The first-order valence-electron chi connectivity index (χ1n) is 6.47. The number of esters is 1. The van der Waals surface area contributed by atoms with E-state index in [4.69, 9.17) is 0 Å². The molecule has 2 N–H and O–H groups in total. The summed E-state index contributed by atoms with van der Waals surface area (Å²) in [4.78, 5) is 23.2. The van der Waals surface area contributed by atoms with Gasteiger partial charge in [0.05, 0.1) is 13.2 Å². The van der Waals surface area contributed by atoms with Crippen LogP contribution in [0.3, 0.4) is 0 Å². The molecule has 0 radical (unpaired) electrons. The molecule has 2 atom stereocenters. The fourth-order valence-corrected chi connectivity index (χ4v) is 1.83. The molecule has 0 aliphatic rings. The van der Waals surface area contributed by atoms with Crippen molar-refractivity contribution in [1.29, 1.82) is 0 Å². The van der Waals surface area contributed by atoms with Gasteiger partial charge < -0.3 is 14.6 Å². The molecule has 0 fully saturated rings.